The maximum Gasteiger partial charge on any atom is 0.490 e. The van der Waals surface area contributed by atoms with Crippen LogP contribution >= 0.6 is 22.9 Å². The van der Waals surface area contributed by atoms with Gasteiger partial charge in [0.25, 0.3) is 0 Å². The van der Waals surface area contributed by atoms with Crippen LogP contribution < -0.4 is 4.72 Å². The molecule has 0 fully saturated rings. The molecule has 1 N–H and O–H groups in total. The molecule has 0 spiro atoms. The van der Waals surface area contributed by atoms with E-state index < -0.39 is 20.9 Å². The number of rotatable bonds is 8. The maximum absolute atomic E-state index is 11.9. The summed E-state index contributed by atoms with van der Waals surface area (Å²) in [5.74, 6) is -0.449. The third-order valence-corrected chi connectivity index (χ3v) is 5.79. The molecule has 2 rings (SSSR count). The molecule has 0 bridgehead atoms. The third kappa shape index (κ3) is 4.47. The Hall–Kier alpha value is -1.56. The predicted molar refractivity (Wildman–Crippen MR) is 80.4 cm³/mol. The van der Waals surface area contributed by atoms with Crippen molar-refractivity contribution in [3.05, 3.63) is 32.9 Å². The molecule has 0 aliphatic carbocycles. The molecule has 0 amide bonds. The predicted octanol–water partition coefficient (Wildman–Crippen LogP) is 1.66. The SMILES string of the molecule is O=[N+]([O-])c1ncn(CCCCNS(=O)(=O)c2ccc(Cl)s2)n1. The Labute approximate surface area is 135 Å². The highest BCUT2D eigenvalue weighted by Gasteiger charge is 2.16. The molecule has 22 heavy (non-hydrogen) atoms. The summed E-state index contributed by atoms with van der Waals surface area (Å²) in [6, 6.07) is 2.97. The van der Waals surface area contributed by atoms with Gasteiger partial charge in [0.1, 0.15) is 4.21 Å². The fraction of sp³-hybridized carbons (Fsp3) is 0.400. The van der Waals surface area contributed by atoms with Crippen molar-refractivity contribution in [2.75, 3.05) is 6.54 Å². The van der Waals surface area contributed by atoms with Crippen LogP contribution in [0.15, 0.2) is 22.7 Å². The minimum atomic E-state index is -3.53. The summed E-state index contributed by atoms with van der Waals surface area (Å²) in [7, 11) is -3.53. The van der Waals surface area contributed by atoms with Gasteiger partial charge in [-0.1, -0.05) is 16.6 Å². The first kappa shape index (κ1) is 16.8. The van der Waals surface area contributed by atoms with E-state index in [1.165, 1.54) is 23.1 Å². The average molecular weight is 366 g/mol. The molecule has 12 heteroatoms. The quantitative estimate of drug-likeness (QED) is 0.431. The summed E-state index contributed by atoms with van der Waals surface area (Å²) in [6.45, 7) is 0.683. The maximum atomic E-state index is 11.9. The van der Waals surface area contributed by atoms with Gasteiger partial charge in [0, 0.05) is 11.6 Å². The second-order valence-electron chi connectivity index (χ2n) is 4.23. The van der Waals surface area contributed by atoms with Crippen LogP contribution in [-0.2, 0) is 16.6 Å². The lowest BCUT2D eigenvalue weighted by Gasteiger charge is -2.03. The number of aryl methyl sites for hydroxylation is 1. The zero-order valence-corrected chi connectivity index (χ0v) is 13.6. The fourth-order valence-electron chi connectivity index (χ4n) is 1.59. The monoisotopic (exact) mass is 365 g/mol. The van der Waals surface area contributed by atoms with Gasteiger partial charge in [0.2, 0.25) is 16.4 Å². The van der Waals surface area contributed by atoms with Crippen LogP contribution in [-0.4, -0.2) is 34.7 Å². The van der Waals surface area contributed by atoms with E-state index in [0.29, 0.717) is 23.7 Å². The molecule has 0 radical (unpaired) electrons. The van der Waals surface area contributed by atoms with E-state index in [-0.39, 0.29) is 10.8 Å². The molecule has 2 heterocycles. The van der Waals surface area contributed by atoms with Gasteiger partial charge in [-0.25, -0.2) is 13.1 Å². The highest BCUT2D eigenvalue weighted by Crippen LogP contribution is 2.25. The molecule has 2 aromatic rings. The number of aromatic nitrogens is 3. The van der Waals surface area contributed by atoms with Crippen molar-refractivity contribution in [1.29, 1.82) is 0 Å². The molecule has 2 aromatic heterocycles. The molecular weight excluding hydrogens is 354 g/mol. The summed E-state index contributed by atoms with van der Waals surface area (Å²) >= 11 is 6.69. The van der Waals surface area contributed by atoms with Gasteiger partial charge in [0.15, 0.2) is 0 Å². The van der Waals surface area contributed by atoms with Crippen LogP contribution in [0.4, 0.5) is 5.95 Å². The highest BCUT2D eigenvalue weighted by molar-refractivity contribution is 7.91. The Morgan fingerprint density at radius 1 is 1.41 bits per heavy atom. The minimum Gasteiger partial charge on any atom is -0.390 e. The van der Waals surface area contributed by atoms with Crippen LogP contribution in [0, 0.1) is 10.1 Å². The number of nitro groups is 1. The Bertz CT molecular complexity index is 757. The first-order valence-corrected chi connectivity index (χ1v) is 8.85. The van der Waals surface area contributed by atoms with E-state index in [9.17, 15) is 18.5 Å². The third-order valence-electron chi connectivity index (χ3n) is 2.61. The van der Waals surface area contributed by atoms with E-state index in [4.69, 9.17) is 11.6 Å². The zero-order chi connectivity index (χ0) is 16.2. The van der Waals surface area contributed by atoms with Crippen molar-refractivity contribution in [3.8, 4) is 0 Å². The van der Waals surface area contributed by atoms with Crippen molar-refractivity contribution in [3.63, 3.8) is 0 Å². The molecule has 0 aromatic carbocycles. The molecule has 0 unspecified atom stereocenters. The van der Waals surface area contributed by atoms with Gasteiger partial charge in [0.05, 0.1) is 10.9 Å². The number of nitrogens with zero attached hydrogens (tertiary/aromatic N) is 4. The Kier molecular flexibility index (Phi) is 5.45. The van der Waals surface area contributed by atoms with Crippen molar-refractivity contribution < 1.29 is 13.3 Å². The summed E-state index contributed by atoms with van der Waals surface area (Å²) in [5, 5.41) is 14.1. The van der Waals surface area contributed by atoms with Crippen molar-refractivity contribution in [1.82, 2.24) is 19.5 Å². The number of nitrogens with one attached hydrogen (secondary N) is 1. The van der Waals surface area contributed by atoms with Crippen LogP contribution in [0.25, 0.3) is 0 Å². The summed E-state index contributed by atoms with van der Waals surface area (Å²) in [5.41, 5.74) is 0. The molecule has 0 aliphatic rings. The topological polar surface area (TPSA) is 120 Å². The first-order valence-electron chi connectivity index (χ1n) is 6.17. The number of hydrogen-bond acceptors (Lipinski definition) is 7. The van der Waals surface area contributed by atoms with Crippen LogP contribution in [0.3, 0.4) is 0 Å². The van der Waals surface area contributed by atoms with E-state index in [1.807, 2.05) is 0 Å². The molecular formula is C10H12ClN5O4S2. The zero-order valence-electron chi connectivity index (χ0n) is 11.2. The average Bonchev–Trinajstić information content (AvgIpc) is 3.07. The van der Waals surface area contributed by atoms with Crippen LogP contribution in [0.2, 0.25) is 4.34 Å². The number of hydrogen-bond donors (Lipinski definition) is 1. The fourth-order valence-corrected chi connectivity index (χ4v) is 4.20. The van der Waals surface area contributed by atoms with E-state index >= 15 is 0 Å². The van der Waals surface area contributed by atoms with Crippen LogP contribution in [0.5, 0.6) is 0 Å². The van der Waals surface area contributed by atoms with Crippen LogP contribution in [0.1, 0.15) is 12.8 Å². The van der Waals surface area contributed by atoms with Gasteiger partial charge >= 0.3 is 5.95 Å². The molecule has 0 aliphatic heterocycles. The molecule has 0 atom stereocenters. The van der Waals surface area contributed by atoms with Crippen molar-refractivity contribution in [2.45, 2.75) is 23.6 Å². The van der Waals surface area contributed by atoms with Gasteiger partial charge < -0.3 is 10.1 Å². The summed E-state index contributed by atoms with van der Waals surface area (Å²) in [4.78, 5) is 13.3. The van der Waals surface area contributed by atoms with Crippen molar-refractivity contribution >= 4 is 38.9 Å². The smallest absolute Gasteiger partial charge is 0.390 e. The number of halogens is 1. The Morgan fingerprint density at radius 2 is 2.18 bits per heavy atom. The number of sulfonamides is 1. The number of thiophene rings is 1. The van der Waals surface area contributed by atoms with E-state index in [1.54, 1.807) is 0 Å². The Morgan fingerprint density at radius 3 is 2.77 bits per heavy atom. The van der Waals surface area contributed by atoms with Gasteiger partial charge in [-0.3, -0.25) is 0 Å². The molecule has 0 saturated carbocycles. The second kappa shape index (κ2) is 7.13. The minimum absolute atomic E-state index is 0.171. The van der Waals surface area contributed by atoms with E-state index in [0.717, 1.165) is 11.3 Å². The van der Waals surface area contributed by atoms with Crippen molar-refractivity contribution in [2.24, 2.45) is 0 Å². The largest absolute Gasteiger partial charge is 0.490 e. The molecule has 0 saturated heterocycles. The second-order valence-corrected chi connectivity index (χ2v) is 7.94. The van der Waals surface area contributed by atoms with Gasteiger partial charge in [-0.15, -0.1) is 11.3 Å². The lowest BCUT2D eigenvalue weighted by molar-refractivity contribution is -0.394. The first-order chi connectivity index (χ1) is 10.4. The lowest BCUT2D eigenvalue weighted by atomic mass is 10.3. The summed E-state index contributed by atoms with van der Waals surface area (Å²) in [6.07, 6.45) is 2.44. The van der Waals surface area contributed by atoms with Gasteiger partial charge in [-0.05, 0) is 29.9 Å². The summed E-state index contributed by atoms with van der Waals surface area (Å²) < 4.78 is 28.2. The normalized spacial score (nSPS) is 11.7. The number of unbranched alkanes of at least 4 members (excludes halogenated alkanes) is 1. The highest BCUT2D eigenvalue weighted by atomic mass is 35.5. The van der Waals surface area contributed by atoms with Gasteiger partial charge in [-0.2, -0.15) is 4.68 Å². The van der Waals surface area contributed by atoms with E-state index in [2.05, 4.69) is 14.8 Å². The molecule has 9 nitrogen and oxygen atoms in total. The molecule has 120 valence electrons. The lowest BCUT2D eigenvalue weighted by Crippen LogP contribution is -2.24. The standard InChI is InChI=1S/C10H12ClN5O4S2/c11-8-3-4-9(21-8)22(19,20)13-5-1-2-6-15-7-12-10(14-15)16(17)18/h3-4,7,13H,1-2,5-6H2. The Balaban J connectivity index is 1.74.